The van der Waals surface area contributed by atoms with Crippen LogP contribution in [-0.4, -0.2) is 29.7 Å². The van der Waals surface area contributed by atoms with E-state index >= 15 is 0 Å². The SMILES string of the molecule is CCC(CC)(CNC(=O)OC(C)(C)C)NC(=O)C1CC1c1ccc(C)s1. The van der Waals surface area contributed by atoms with Crippen LogP contribution in [0.5, 0.6) is 0 Å². The summed E-state index contributed by atoms with van der Waals surface area (Å²) in [7, 11) is 0. The van der Waals surface area contributed by atoms with E-state index in [-0.39, 0.29) is 11.8 Å². The van der Waals surface area contributed by atoms with Gasteiger partial charge in [0.1, 0.15) is 5.60 Å². The molecule has 5 nitrogen and oxygen atoms in total. The van der Waals surface area contributed by atoms with Crippen LogP contribution in [-0.2, 0) is 9.53 Å². The molecule has 0 spiro atoms. The molecule has 2 atom stereocenters. The summed E-state index contributed by atoms with van der Waals surface area (Å²) in [5, 5.41) is 6.03. The molecular weight excluding hydrogens is 348 g/mol. The maximum atomic E-state index is 12.8. The Morgan fingerprint density at radius 1 is 1.23 bits per heavy atom. The van der Waals surface area contributed by atoms with Crippen LogP contribution < -0.4 is 10.6 Å². The second kappa shape index (κ2) is 7.99. The molecule has 1 fully saturated rings. The van der Waals surface area contributed by atoms with Crippen molar-refractivity contribution in [2.45, 2.75) is 77.9 Å². The molecule has 0 aromatic carbocycles. The zero-order valence-electron chi connectivity index (χ0n) is 16.8. The van der Waals surface area contributed by atoms with Gasteiger partial charge >= 0.3 is 6.09 Å². The van der Waals surface area contributed by atoms with E-state index in [0.717, 1.165) is 19.3 Å². The quantitative estimate of drug-likeness (QED) is 0.738. The highest BCUT2D eigenvalue weighted by atomic mass is 32.1. The van der Waals surface area contributed by atoms with Gasteiger partial charge in [-0.25, -0.2) is 4.79 Å². The van der Waals surface area contributed by atoms with Gasteiger partial charge in [-0.1, -0.05) is 13.8 Å². The number of carbonyl (C=O) groups is 2. The van der Waals surface area contributed by atoms with Gasteiger partial charge in [-0.2, -0.15) is 0 Å². The fourth-order valence-corrected chi connectivity index (χ4v) is 4.14. The van der Waals surface area contributed by atoms with Gasteiger partial charge in [0.2, 0.25) is 5.91 Å². The van der Waals surface area contributed by atoms with Gasteiger partial charge in [-0.15, -0.1) is 11.3 Å². The lowest BCUT2D eigenvalue weighted by Crippen LogP contribution is -2.55. The third-order valence-electron chi connectivity index (χ3n) is 4.97. The second-order valence-corrected chi connectivity index (χ2v) is 9.55. The monoisotopic (exact) mass is 380 g/mol. The number of alkyl carbamates (subject to hydrolysis) is 1. The molecule has 1 aliphatic carbocycles. The minimum Gasteiger partial charge on any atom is -0.444 e. The van der Waals surface area contributed by atoms with E-state index in [1.54, 1.807) is 11.3 Å². The van der Waals surface area contributed by atoms with Crippen molar-refractivity contribution in [3.05, 3.63) is 21.9 Å². The number of nitrogens with one attached hydrogen (secondary N) is 2. The van der Waals surface area contributed by atoms with Crippen molar-refractivity contribution in [1.29, 1.82) is 0 Å². The average molecular weight is 381 g/mol. The summed E-state index contributed by atoms with van der Waals surface area (Å²) in [6.45, 7) is 12.0. The van der Waals surface area contributed by atoms with E-state index in [2.05, 4.69) is 29.7 Å². The van der Waals surface area contributed by atoms with Crippen molar-refractivity contribution < 1.29 is 14.3 Å². The van der Waals surface area contributed by atoms with Crippen LogP contribution >= 0.6 is 11.3 Å². The maximum Gasteiger partial charge on any atom is 0.407 e. The predicted octanol–water partition coefficient (Wildman–Crippen LogP) is 4.36. The molecule has 2 amide bonds. The predicted molar refractivity (Wildman–Crippen MR) is 106 cm³/mol. The Morgan fingerprint density at radius 3 is 2.38 bits per heavy atom. The lowest BCUT2D eigenvalue weighted by atomic mass is 9.92. The third kappa shape index (κ3) is 5.47. The van der Waals surface area contributed by atoms with Crippen molar-refractivity contribution in [1.82, 2.24) is 10.6 Å². The van der Waals surface area contributed by atoms with Gasteiger partial charge in [0.25, 0.3) is 0 Å². The van der Waals surface area contributed by atoms with Crippen LogP contribution in [0.4, 0.5) is 4.79 Å². The summed E-state index contributed by atoms with van der Waals surface area (Å²) in [6, 6.07) is 4.25. The van der Waals surface area contributed by atoms with Crippen molar-refractivity contribution in [2.24, 2.45) is 5.92 Å². The fourth-order valence-electron chi connectivity index (χ4n) is 3.08. The summed E-state index contributed by atoms with van der Waals surface area (Å²) >= 11 is 1.77. The van der Waals surface area contributed by atoms with Gasteiger partial charge in [0, 0.05) is 28.1 Å². The molecule has 146 valence electrons. The van der Waals surface area contributed by atoms with Gasteiger partial charge in [0.05, 0.1) is 5.54 Å². The molecule has 0 bridgehead atoms. The van der Waals surface area contributed by atoms with Gasteiger partial charge in [-0.3, -0.25) is 4.79 Å². The Morgan fingerprint density at radius 2 is 1.88 bits per heavy atom. The van der Waals surface area contributed by atoms with E-state index in [4.69, 9.17) is 4.74 Å². The zero-order valence-corrected chi connectivity index (χ0v) is 17.6. The van der Waals surface area contributed by atoms with E-state index in [1.165, 1.54) is 9.75 Å². The number of rotatable bonds is 7. The smallest absolute Gasteiger partial charge is 0.407 e. The first-order chi connectivity index (χ1) is 12.1. The topological polar surface area (TPSA) is 67.4 Å². The van der Waals surface area contributed by atoms with E-state index in [0.29, 0.717) is 12.5 Å². The summed E-state index contributed by atoms with van der Waals surface area (Å²) in [5.74, 6) is 0.488. The minimum absolute atomic E-state index is 0.0482. The molecule has 0 aliphatic heterocycles. The zero-order chi connectivity index (χ0) is 19.5. The van der Waals surface area contributed by atoms with E-state index in [9.17, 15) is 9.59 Å². The van der Waals surface area contributed by atoms with Gasteiger partial charge < -0.3 is 15.4 Å². The molecule has 1 aromatic heterocycles. The number of hydrogen-bond acceptors (Lipinski definition) is 4. The van der Waals surface area contributed by atoms with E-state index < -0.39 is 17.2 Å². The Bertz CT molecular complexity index is 644. The Hall–Kier alpha value is -1.56. The van der Waals surface area contributed by atoms with Gasteiger partial charge in [-0.05, 0) is 59.1 Å². The molecule has 0 saturated heterocycles. The average Bonchev–Trinajstić information content (AvgIpc) is 3.24. The minimum atomic E-state index is -0.533. The molecule has 1 aliphatic rings. The lowest BCUT2D eigenvalue weighted by Gasteiger charge is -2.33. The highest BCUT2D eigenvalue weighted by Gasteiger charge is 2.46. The standard InChI is InChI=1S/C20H32N2O3S/c1-7-20(8-2,12-21-18(24)25-19(4,5)6)22-17(23)15-11-14(15)16-10-9-13(3)26-16/h9-10,14-15H,7-8,11-12H2,1-6H3,(H,21,24)(H,22,23). The molecule has 2 unspecified atom stereocenters. The van der Waals surface area contributed by atoms with Crippen LogP contribution in [0.1, 0.15) is 69.6 Å². The molecule has 2 rings (SSSR count). The van der Waals surface area contributed by atoms with Gasteiger partial charge in [0.15, 0.2) is 0 Å². The van der Waals surface area contributed by atoms with Crippen molar-refractivity contribution in [2.75, 3.05) is 6.54 Å². The van der Waals surface area contributed by atoms with Crippen LogP contribution in [0, 0.1) is 12.8 Å². The largest absolute Gasteiger partial charge is 0.444 e. The summed E-state index contributed by atoms with van der Waals surface area (Å²) in [5.41, 5.74) is -0.971. The van der Waals surface area contributed by atoms with E-state index in [1.807, 2.05) is 34.6 Å². The Balaban J connectivity index is 1.92. The Kier molecular flexibility index (Phi) is 6.37. The van der Waals surface area contributed by atoms with Crippen molar-refractivity contribution >= 4 is 23.3 Å². The highest BCUT2D eigenvalue weighted by Crippen LogP contribution is 2.50. The number of carbonyl (C=O) groups excluding carboxylic acids is 2. The maximum absolute atomic E-state index is 12.8. The number of aryl methyl sites for hydroxylation is 1. The molecule has 2 N–H and O–H groups in total. The van der Waals surface area contributed by atoms with Crippen LogP contribution in [0.3, 0.4) is 0 Å². The first-order valence-electron chi connectivity index (χ1n) is 9.44. The fraction of sp³-hybridized carbons (Fsp3) is 0.700. The van der Waals surface area contributed by atoms with Crippen LogP contribution in [0.15, 0.2) is 12.1 Å². The first kappa shape index (κ1) is 20.7. The number of thiophene rings is 1. The number of hydrogen-bond donors (Lipinski definition) is 2. The molecule has 0 radical (unpaired) electrons. The van der Waals surface area contributed by atoms with Crippen LogP contribution in [0.25, 0.3) is 0 Å². The summed E-state index contributed by atoms with van der Waals surface area (Å²) in [4.78, 5) is 27.3. The third-order valence-corrected chi connectivity index (χ3v) is 6.10. The highest BCUT2D eigenvalue weighted by molar-refractivity contribution is 7.12. The normalized spacial score (nSPS) is 19.8. The molecule has 1 saturated carbocycles. The lowest BCUT2D eigenvalue weighted by molar-refractivity contribution is -0.124. The number of amides is 2. The number of ether oxygens (including phenoxy) is 1. The first-order valence-corrected chi connectivity index (χ1v) is 10.3. The van der Waals surface area contributed by atoms with Crippen molar-refractivity contribution in [3.8, 4) is 0 Å². The molecule has 6 heteroatoms. The summed E-state index contributed by atoms with van der Waals surface area (Å²) in [6.07, 6.45) is 1.96. The summed E-state index contributed by atoms with van der Waals surface area (Å²) < 4.78 is 5.30. The molecule has 1 heterocycles. The molecule has 1 aromatic rings. The molecule has 26 heavy (non-hydrogen) atoms. The Labute approximate surface area is 160 Å². The van der Waals surface area contributed by atoms with Crippen LogP contribution in [0.2, 0.25) is 0 Å². The van der Waals surface area contributed by atoms with Crippen molar-refractivity contribution in [3.63, 3.8) is 0 Å². The second-order valence-electron chi connectivity index (χ2n) is 8.23. The molecular formula is C20H32N2O3S.